The quantitative estimate of drug-likeness (QED) is 0.599. The Balaban J connectivity index is 1.77. The number of rotatable bonds is 8. The minimum atomic E-state index is -0.236. The van der Waals surface area contributed by atoms with Gasteiger partial charge in [-0.2, -0.15) is 0 Å². The first-order valence-corrected chi connectivity index (χ1v) is 11.2. The summed E-state index contributed by atoms with van der Waals surface area (Å²) in [7, 11) is 4.03. The Kier molecular flexibility index (Phi) is 8.32. The molecular weight excluding hydrogens is 412 g/mol. The summed E-state index contributed by atoms with van der Waals surface area (Å²) in [6.45, 7) is 3.41. The average Bonchev–Trinajstić information content (AvgIpc) is 2.77. The third-order valence-electron chi connectivity index (χ3n) is 5.37. The molecule has 7 heteroatoms. The van der Waals surface area contributed by atoms with E-state index in [0.29, 0.717) is 28.4 Å². The number of amides is 2. The van der Waals surface area contributed by atoms with Crippen LogP contribution in [0.4, 0.5) is 11.4 Å². The van der Waals surface area contributed by atoms with Crippen molar-refractivity contribution in [2.75, 3.05) is 50.5 Å². The first-order valence-electron chi connectivity index (χ1n) is 10.8. The van der Waals surface area contributed by atoms with Crippen molar-refractivity contribution in [2.45, 2.75) is 25.7 Å². The smallest absolute Gasteiger partial charge is 0.255 e. The molecule has 0 aromatic heterocycles. The van der Waals surface area contributed by atoms with Gasteiger partial charge < -0.3 is 20.4 Å². The maximum atomic E-state index is 13.0. The van der Waals surface area contributed by atoms with Crippen molar-refractivity contribution < 1.29 is 9.59 Å². The van der Waals surface area contributed by atoms with Gasteiger partial charge >= 0.3 is 0 Å². The molecule has 0 radical (unpaired) electrons. The number of hydrogen-bond acceptors (Lipinski definition) is 4. The van der Waals surface area contributed by atoms with Crippen molar-refractivity contribution in [3.8, 4) is 0 Å². The highest BCUT2D eigenvalue weighted by Crippen LogP contribution is 2.27. The SMILES string of the molecule is CN(C)CCCNC(=O)c1cc(NC(=O)c2ccc(Cl)cc2)ccc1N1CCCCC1. The van der Waals surface area contributed by atoms with Crippen molar-refractivity contribution in [3.63, 3.8) is 0 Å². The molecule has 166 valence electrons. The third-order valence-corrected chi connectivity index (χ3v) is 5.62. The molecule has 6 nitrogen and oxygen atoms in total. The van der Waals surface area contributed by atoms with Crippen molar-refractivity contribution >= 4 is 34.8 Å². The summed E-state index contributed by atoms with van der Waals surface area (Å²) in [5.74, 6) is -0.346. The molecule has 1 saturated heterocycles. The monoisotopic (exact) mass is 442 g/mol. The summed E-state index contributed by atoms with van der Waals surface area (Å²) in [5.41, 5.74) is 2.63. The van der Waals surface area contributed by atoms with E-state index in [1.54, 1.807) is 30.3 Å². The second kappa shape index (κ2) is 11.2. The zero-order valence-corrected chi connectivity index (χ0v) is 19.0. The highest BCUT2D eigenvalue weighted by molar-refractivity contribution is 6.30. The van der Waals surface area contributed by atoms with E-state index in [1.807, 2.05) is 26.2 Å². The van der Waals surface area contributed by atoms with Crippen LogP contribution in [0.2, 0.25) is 5.02 Å². The van der Waals surface area contributed by atoms with Gasteiger partial charge in [0.1, 0.15) is 0 Å². The predicted molar refractivity (Wildman–Crippen MR) is 127 cm³/mol. The molecule has 2 N–H and O–H groups in total. The van der Waals surface area contributed by atoms with Gasteiger partial charge in [-0.05, 0) is 88.8 Å². The van der Waals surface area contributed by atoms with E-state index in [0.717, 1.165) is 44.6 Å². The highest BCUT2D eigenvalue weighted by Gasteiger charge is 2.20. The average molecular weight is 443 g/mol. The normalized spacial score (nSPS) is 13.9. The Morgan fingerprint density at radius 3 is 2.39 bits per heavy atom. The van der Waals surface area contributed by atoms with Crippen molar-refractivity contribution in [3.05, 3.63) is 58.6 Å². The number of benzene rings is 2. The number of carbonyl (C=O) groups is 2. The molecule has 31 heavy (non-hydrogen) atoms. The van der Waals surface area contributed by atoms with E-state index >= 15 is 0 Å². The summed E-state index contributed by atoms with van der Waals surface area (Å²) >= 11 is 5.91. The summed E-state index contributed by atoms with van der Waals surface area (Å²) in [4.78, 5) is 30.0. The van der Waals surface area contributed by atoms with Crippen LogP contribution in [0, 0.1) is 0 Å². The van der Waals surface area contributed by atoms with Crippen molar-refractivity contribution in [1.29, 1.82) is 0 Å². The summed E-state index contributed by atoms with van der Waals surface area (Å²) in [6, 6.07) is 12.3. The molecule has 3 rings (SSSR count). The molecule has 1 fully saturated rings. The number of halogens is 1. The van der Waals surface area contributed by atoms with E-state index in [2.05, 4.69) is 20.4 Å². The Hall–Kier alpha value is -2.57. The first-order chi connectivity index (χ1) is 14.9. The number of nitrogens with one attached hydrogen (secondary N) is 2. The second-order valence-corrected chi connectivity index (χ2v) is 8.59. The third kappa shape index (κ3) is 6.71. The molecule has 0 saturated carbocycles. The summed E-state index contributed by atoms with van der Waals surface area (Å²) in [5, 5.41) is 6.51. The van der Waals surface area contributed by atoms with Crippen LogP contribution >= 0.6 is 11.6 Å². The molecule has 1 aliphatic heterocycles. The zero-order chi connectivity index (χ0) is 22.2. The van der Waals surface area contributed by atoms with Crippen LogP contribution in [0.5, 0.6) is 0 Å². The minimum absolute atomic E-state index is 0.109. The molecule has 0 atom stereocenters. The molecule has 0 spiro atoms. The topological polar surface area (TPSA) is 64.7 Å². The van der Waals surface area contributed by atoms with Crippen LogP contribution in [-0.4, -0.2) is 57.0 Å². The number of nitrogens with zero attached hydrogens (tertiary/aromatic N) is 2. The van der Waals surface area contributed by atoms with Gasteiger partial charge in [-0.15, -0.1) is 0 Å². The molecule has 0 aliphatic carbocycles. The van der Waals surface area contributed by atoms with Crippen molar-refractivity contribution in [2.24, 2.45) is 0 Å². The molecular formula is C24H31ClN4O2. The Morgan fingerprint density at radius 2 is 1.71 bits per heavy atom. The van der Waals surface area contributed by atoms with E-state index in [9.17, 15) is 9.59 Å². The molecule has 2 aromatic rings. The number of piperidine rings is 1. The van der Waals surface area contributed by atoms with E-state index in [4.69, 9.17) is 11.6 Å². The maximum absolute atomic E-state index is 13.0. The van der Waals surface area contributed by atoms with E-state index in [-0.39, 0.29) is 11.8 Å². The fourth-order valence-corrected chi connectivity index (χ4v) is 3.83. The van der Waals surface area contributed by atoms with Gasteiger partial charge in [-0.1, -0.05) is 11.6 Å². The van der Waals surface area contributed by atoms with Crippen molar-refractivity contribution in [1.82, 2.24) is 10.2 Å². The van der Waals surface area contributed by atoms with Gasteiger partial charge in [0.2, 0.25) is 0 Å². The van der Waals surface area contributed by atoms with Gasteiger partial charge in [-0.25, -0.2) is 0 Å². The lowest BCUT2D eigenvalue weighted by Crippen LogP contribution is -2.33. The molecule has 0 bridgehead atoms. The number of hydrogen-bond donors (Lipinski definition) is 2. The van der Waals surface area contributed by atoms with Gasteiger partial charge in [0.15, 0.2) is 0 Å². The minimum Gasteiger partial charge on any atom is -0.371 e. The van der Waals surface area contributed by atoms with Crippen LogP contribution in [0.15, 0.2) is 42.5 Å². The summed E-state index contributed by atoms with van der Waals surface area (Å²) < 4.78 is 0. The molecule has 2 amide bonds. The fourth-order valence-electron chi connectivity index (χ4n) is 3.70. The van der Waals surface area contributed by atoms with E-state index in [1.165, 1.54) is 6.42 Å². The Labute approximate surface area is 189 Å². The molecule has 2 aromatic carbocycles. The standard InChI is InChI=1S/C24H31ClN4O2/c1-28(2)14-6-13-26-24(31)21-17-20(11-12-22(21)29-15-4-3-5-16-29)27-23(30)18-7-9-19(25)10-8-18/h7-12,17H,3-6,13-16H2,1-2H3,(H,26,31)(H,27,30). The predicted octanol–water partition coefficient (Wildman–Crippen LogP) is 4.26. The Morgan fingerprint density at radius 1 is 1.00 bits per heavy atom. The van der Waals surface area contributed by atoms with E-state index < -0.39 is 0 Å². The molecule has 1 heterocycles. The summed E-state index contributed by atoms with van der Waals surface area (Å²) in [6.07, 6.45) is 4.35. The lowest BCUT2D eigenvalue weighted by atomic mass is 10.1. The van der Waals surface area contributed by atoms with Crippen LogP contribution in [0.25, 0.3) is 0 Å². The highest BCUT2D eigenvalue weighted by atomic mass is 35.5. The molecule has 1 aliphatic rings. The maximum Gasteiger partial charge on any atom is 0.255 e. The lowest BCUT2D eigenvalue weighted by Gasteiger charge is -2.30. The Bertz CT molecular complexity index is 893. The van der Waals surface area contributed by atoms with Crippen LogP contribution in [-0.2, 0) is 0 Å². The van der Waals surface area contributed by atoms with Crippen LogP contribution in [0.3, 0.4) is 0 Å². The number of anilines is 2. The molecule has 0 unspecified atom stereocenters. The van der Waals surface area contributed by atoms with Gasteiger partial charge in [0.25, 0.3) is 11.8 Å². The first kappa shape index (κ1) is 23.1. The zero-order valence-electron chi connectivity index (χ0n) is 18.3. The second-order valence-electron chi connectivity index (χ2n) is 8.15. The van der Waals surface area contributed by atoms with Crippen LogP contribution < -0.4 is 15.5 Å². The largest absolute Gasteiger partial charge is 0.371 e. The van der Waals surface area contributed by atoms with Gasteiger partial charge in [0, 0.05) is 41.6 Å². The lowest BCUT2D eigenvalue weighted by molar-refractivity contribution is 0.0951. The fraction of sp³-hybridized carbons (Fsp3) is 0.417. The van der Waals surface area contributed by atoms with Crippen LogP contribution in [0.1, 0.15) is 46.4 Å². The van der Waals surface area contributed by atoms with Gasteiger partial charge in [-0.3, -0.25) is 9.59 Å². The van der Waals surface area contributed by atoms with Gasteiger partial charge in [0.05, 0.1) is 5.56 Å². The number of carbonyl (C=O) groups excluding carboxylic acids is 2.